The van der Waals surface area contributed by atoms with Crippen LogP contribution < -0.4 is 0 Å². The van der Waals surface area contributed by atoms with Crippen molar-refractivity contribution in [3.8, 4) is 6.07 Å². The van der Waals surface area contributed by atoms with Crippen LogP contribution in [0.1, 0.15) is 26.2 Å². The summed E-state index contributed by atoms with van der Waals surface area (Å²) >= 11 is 0. The summed E-state index contributed by atoms with van der Waals surface area (Å²) in [7, 11) is 1.73. The normalized spacial score (nSPS) is 8.82. The predicted octanol–water partition coefficient (Wildman–Crippen LogP) is 1.16. The molecule has 0 unspecified atom stereocenters. The zero-order chi connectivity index (χ0) is 8.69. The zero-order valence-corrected chi connectivity index (χ0v) is 7.13. The number of rotatable bonds is 4. The van der Waals surface area contributed by atoms with Crippen molar-refractivity contribution in [1.29, 1.82) is 5.26 Å². The molecule has 0 spiro atoms. The van der Waals surface area contributed by atoms with Crippen LogP contribution in [0.25, 0.3) is 0 Å². The highest BCUT2D eigenvalue weighted by atomic mass is 16.2. The molecule has 0 saturated heterocycles. The van der Waals surface area contributed by atoms with E-state index in [4.69, 9.17) is 5.26 Å². The third-order valence-electron chi connectivity index (χ3n) is 1.50. The molecule has 3 heteroatoms. The van der Waals surface area contributed by atoms with Crippen LogP contribution in [0.4, 0.5) is 0 Å². The van der Waals surface area contributed by atoms with E-state index in [0.29, 0.717) is 0 Å². The SMILES string of the molecule is CCCCN(C)C(=O)CC#N. The van der Waals surface area contributed by atoms with Gasteiger partial charge < -0.3 is 4.90 Å². The summed E-state index contributed by atoms with van der Waals surface area (Å²) in [4.78, 5) is 12.6. The average molecular weight is 154 g/mol. The molecule has 0 aromatic rings. The van der Waals surface area contributed by atoms with Gasteiger partial charge in [-0.1, -0.05) is 13.3 Å². The Kier molecular flexibility index (Phi) is 5.18. The van der Waals surface area contributed by atoms with E-state index >= 15 is 0 Å². The van der Waals surface area contributed by atoms with Crippen molar-refractivity contribution in [2.24, 2.45) is 0 Å². The molecular formula is C8H14N2O. The summed E-state index contributed by atoms with van der Waals surface area (Å²) in [5.41, 5.74) is 0. The van der Waals surface area contributed by atoms with Gasteiger partial charge in [-0.05, 0) is 6.42 Å². The first-order valence-corrected chi connectivity index (χ1v) is 3.83. The number of carbonyl (C=O) groups excluding carboxylic acids is 1. The summed E-state index contributed by atoms with van der Waals surface area (Å²) < 4.78 is 0. The van der Waals surface area contributed by atoms with Crippen LogP contribution in [0, 0.1) is 11.3 Å². The molecule has 0 rings (SSSR count). The lowest BCUT2D eigenvalue weighted by Crippen LogP contribution is -2.26. The maximum absolute atomic E-state index is 11.0. The molecule has 0 aliphatic carbocycles. The van der Waals surface area contributed by atoms with E-state index in [0.717, 1.165) is 19.4 Å². The van der Waals surface area contributed by atoms with Gasteiger partial charge in [-0.25, -0.2) is 0 Å². The minimum Gasteiger partial charge on any atom is -0.345 e. The van der Waals surface area contributed by atoms with Gasteiger partial charge in [0.05, 0.1) is 6.07 Å². The summed E-state index contributed by atoms with van der Waals surface area (Å²) in [6.07, 6.45) is 2.08. The molecule has 1 amide bonds. The number of unbranched alkanes of at least 4 members (excludes halogenated alkanes) is 1. The number of nitriles is 1. The van der Waals surface area contributed by atoms with Gasteiger partial charge in [0.2, 0.25) is 5.91 Å². The first-order chi connectivity index (χ1) is 5.22. The Morgan fingerprint density at radius 2 is 2.27 bits per heavy atom. The van der Waals surface area contributed by atoms with Crippen molar-refractivity contribution in [2.45, 2.75) is 26.2 Å². The van der Waals surface area contributed by atoms with E-state index < -0.39 is 0 Å². The fourth-order valence-corrected chi connectivity index (χ4v) is 0.723. The molecule has 3 nitrogen and oxygen atoms in total. The van der Waals surface area contributed by atoms with Crippen LogP contribution in [-0.2, 0) is 4.79 Å². The minimum absolute atomic E-state index is 0.000213. The van der Waals surface area contributed by atoms with Crippen molar-refractivity contribution in [1.82, 2.24) is 4.90 Å². The Bertz CT molecular complexity index is 160. The van der Waals surface area contributed by atoms with E-state index in [9.17, 15) is 4.79 Å². The maximum atomic E-state index is 11.0. The lowest BCUT2D eigenvalue weighted by molar-refractivity contribution is -0.128. The predicted molar refractivity (Wildman–Crippen MR) is 42.8 cm³/mol. The molecule has 11 heavy (non-hydrogen) atoms. The van der Waals surface area contributed by atoms with E-state index in [2.05, 4.69) is 6.92 Å². The van der Waals surface area contributed by atoms with Crippen LogP contribution in [0.3, 0.4) is 0 Å². The minimum atomic E-state index is -0.0825. The van der Waals surface area contributed by atoms with E-state index in [1.165, 1.54) is 0 Å². The highest BCUT2D eigenvalue weighted by molar-refractivity contribution is 5.77. The highest BCUT2D eigenvalue weighted by Gasteiger charge is 2.05. The third kappa shape index (κ3) is 4.38. The molecule has 0 radical (unpaired) electrons. The van der Waals surface area contributed by atoms with Crippen molar-refractivity contribution in [3.63, 3.8) is 0 Å². The Hall–Kier alpha value is -1.04. The van der Waals surface area contributed by atoms with Crippen molar-refractivity contribution < 1.29 is 4.79 Å². The number of nitrogens with zero attached hydrogens (tertiary/aromatic N) is 2. The van der Waals surface area contributed by atoms with Crippen molar-refractivity contribution >= 4 is 5.91 Å². The van der Waals surface area contributed by atoms with Gasteiger partial charge in [0, 0.05) is 13.6 Å². The molecule has 62 valence electrons. The van der Waals surface area contributed by atoms with Gasteiger partial charge in [0.25, 0.3) is 0 Å². The van der Waals surface area contributed by atoms with Crippen molar-refractivity contribution in [3.05, 3.63) is 0 Å². The molecule has 0 heterocycles. The molecular weight excluding hydrogens is 140 g/mol. The molecule has 0 aliphatic rings. The van der Waals surface area contributed by atoms with Crippen LogP contribution >= 0.6 is 0 Å². The molecule has 0 saturated carbocycles. The number of hydrogen-bond acceptors (Lipinski definition) is 2. The Morgan fingerprint density at radius 1 is 1.64 bits per heavy atom. The van der Waals surface area contributed by atoms with Gasteiger partial charge >= 0.3 is 0 Å². The van der Waals surface area contributed by atoms with Gasteiger partial charge in [-0.3, -0.25) is 4.79 Å². The Balaban J connectivity index is 3.57. The highest BCUT2D eigenvalue weighted by Crippen LogP contribution is 1.94. The van der Waals surface area contributed by atoms with Crippen LogP contribution in [0.15, 0.2) is 0 Å². The van der Waals surface area contributed by atoms with Crippen molar-refractivity contribution in [2.75, 3.05) is 13.6 Å². The summed E-state index contributed by atoms with van der Waals surface area (Å²) in [5, 5.41) is 8.21. The third-order valence-corrected chi connectivity index (χ3v) is 1.50. The fraction of sp³-hybridized carbons (Fsp3) is 0.750. The van der Waals surface area contributed by atoms with E-state index in [1.54, 1.807) is 11.9 Å². The monoisotopic (exact) mass is 154 g/mol. The van der Waals surface area contributed by atoms with Crippen LogP contribution in [-0.4, -0.2) is 24.4 Å². The van der Waals surface area contributed by atoms with Gasteiger partial charge in [-0.15, -0.1) is 0 Å². The molecule has 0 aromatic carbocycles. The number of hydrogen-bond donors (Lipinski definition) is 0. The summed E-state index contributed by atoms with van der Waals surface area (Å²) in [6, 6.07) is 1.83. The second kappa shape index (κ2) is 5.72. The van der Waals surface area contributed by atoms with E-state index in [-0.39, 0.29) is 12.3 Å². The number of amides is 1. The summed E-state index contributed by atoms with van der Waals surface area (Å²) in [6.45, 7) is 2.83. The zero-order valence-electron chi connectivity index (χ0n) is 7.13. The molecule has 0 aromatic heterocycles. The Morgan fingerprint density at radius 3 is 2.73 bits per heavy atom. The quantitative estimate of drug-likeness (QED) is 0.609. The van der Waals surface area contributed by atoms with Crippen LogP contribution in [0.5, 0.6) is 0 Å². The van der Waals surface area contributed by atoms with Gasteiger partial charge in [-0.2, -0.15) is 5.26 Å². The average Bonchev–Trinajstić information content (AvgIpc) is 2.00. The smallest absolute Gasteiger partial charge is 0.236 e. The first kappa shape index (κ1) is 9.96. The number of carbonyl (C=O) groups is 1. The first-order valence-electron chi connectivity index (χ1n) is 3.83. The molecule has 0 bridgehead atoms. The second-order valence-electron chi connectivity index (χ2n) is 2.50. The fourth-order valence-electron chi connectivity index (χ4n) is 0.723. The lowest BCUT2D eigenvalue weighted by atomic mass is 10.3. The topological polar surface area (TPSA) is 44.1 Å². The van der Waals surface area contributed by atoms with Gasteiger partial charge in [0.1, 0.15) is 6.42 Å². The van der Waals surface area contributed by atoms with Crippen LogP contribution in [0.2, 0.25) is 0 Å². The lowest BCUT2D eigenvalue weighted by Gasteiger charge is -2.14. The standard InChI is InChI=1S/C8H14N2O/c1-3-4-7-10(2)8(11)5-6-9/h3-5,7H2,1-2H3. The summed E-state index contributed by atoms with van der Waals surface area (Å²) in [5.74, 6) is -0.0825. The maximum Gasteiger partial charge on any atom is 0.236 e. The second-order valence-corrected chi connectivity index (χ2v) is 2.50. The molecule has 0 aliphatic heterocycles. The largest absolute Gasteiger partial charge is 0.345 e. The van der Waals surface area contributed by atoms with Gasteiger partial charge in [0.15, 0.2) is 0 Å². The Labute approximate surface area is 67.6 Å². The molecule has 0 fully saturated rings. The molecule has 0 atom stereocenters. The van der Waals surface area contributed by atoms with E-state index in [1.807, 2.05) is 6.07 Å². The molecule has 0 N–H and O–H groups in total.